The van der Waals surface area contributed by atoms with Crippen molar-refractivity contribution in [3.05, 3.63) is 69.4 Å². The van der Waals surface area contributed by atoms with Crippen LogP contribution in [0, 0.1) is 17.5 Å². The molecule has 0 saturated carbocycles. The number of hydrogen-bond donors (Lipinski definition) is 1. The minimum absolute atomic E-state index is 0.118. The summed E-state index contributed by atoms with van der Waals surface area (Å²) in [5.41, 5.74) is -0.0396. The zero-order valence-corrected chi connectivity index (χ0v) is 11.7. The van der Waals surface area contributed by atoms with E-state index in [0.717, 1.165) is 18.2 Å². The molecule has 0 aliphatic carbocycles. The zero-order chi connectivity index (χ0) is 14.7. The molecule has 0 fully saturated rings. The van der Waals surface area contributed by atoms with Crippen molar-refractivity contribution >= 4 is 21.8 Å². The smallest absolute Gasteiger partial charge is 0.255 e. The standard InChI is InChI=1S/C14H9BrF3NO/c15-10-2-1-3-11(17)13(10)14(20)19-7-8-4-5-9(16)6-12(8)18/h1-6H,7H2,(H,19,20). The van der Waals surface area contributed by atoms with Gasteiger partial charge in [-0.05, 0) is 34.1 Å². The van der Waals surface area contributed by atoms with Crippen molar-refractivity contribution < 1.29 is 18.0 Å². The van der Waals surface area contributed by atoms with Crippen LogP contribution in [0.3, 0.4) is 0 Å². The van der Waals surface area contributed by atoms with Gasteiger partial charge in [0.2, 0.25) is 0 Å². The summed E-state index contributed by atoms with van der Waals surface area (Å²) in [6.07, 6.45) is 0. The molecule has 1 amide bonds. The van der Waals surface area contributed by atoms with Gasteiger partial charge in [-0.2, -0.15) is 0 Å². The monoisotopic (exact) mass is 343 g/mol. The summed E-state index contributed by atoms with van der Waals surface area (Å²) in [6, 6.07) is 7.16. The van der Waals surface area contributed by atoms with Gasteiger partial charge >= 0.3 is 0 Å². The number of hydrogen-bond acceptors (Lipinski definition) is 1. The molecule has 2 rings (SSSR count). The van der Waals surface area contributed by atoms with Crippen molar-refractivity contribution in [3.8, 4) is 0 Å². The Morgan fingerprint density at radius 1 is 1.10 bits per heavy atom. The zero-order valence-electron chi connectivity index (χ0n) is 10.1. The second-order valence-electron chi connectivity index (χ2n) is 4.02. The maximum Gasteiger partial charge on any atom is 0.255 e. The molecular weight excluding hydrogens is 335 g/mol. The summed E-state index contributed by atoms with van der Waals surface area (Å²) < 4.78 is 40.0. The van der Waals surface area contributed by atoms with Gasteiger partial charge in [0.1, 0.15) is 17.5 Å². The van der Waals surface area contributed by atoms with E-state index in [1.54, 1.807) is 0 Å². The molecule has 0 atom stereocenters. The Bertz CT molecular complexity index is 641. The average molecular weight is 344 g/mol. The van der Waals surface area contributed by atoms with E-state index < -0.39 is 23.4 Å². The van der Waals surface area contributed by atoms with Gasteiger partial charge in [0.05, 0.1) is 5.56 Å². The van der Waals surface area contributed by atoms with Crippen LogP contribution in [0.4, 0.5) is 13.2 Å². The SMILES string of the molecule is O=C(NCc1ccc(F)cc1F)c1c(F)cccc1Br. The third kappa shape index (κ3) is 3.19. The van der Waals surface area contributed by atoms with Crippen LogP contribution in [0.15, 0.2) is 40.9 Å². The predicted molar refractivity (Wildman–Crippen MR) is 71.6 cm³/mol. The summed E-state index contributed by atoms with van der Waals surface area (Å²) in [7, 11) is 0. The van der Waals surface area contributed by atoms with Gasteiger partial charge in [-0.3, -0.25) is 4.79 Å². The maximum atomic E-state index is 13.5. The van der Waals surface area contributed by atoms with E-state index in [0.29, 0.717) is 4.47 Å². The normalized spacial score (nSPS) is 10.4. The molecule has 0 spiro atoms. The van der Waals surface area contributed by atoms with Crippen LogP contribution in [0.1, 0.15) is 15.9 Å². The number of halogens is 4. The van der Waals surface area contributed by atoms with E-state index in [9.17, 15) is 18.0 Å². The van der Waals surface area contributed by atoms with Crippen molar-refractivity contribution in [2.45, 2.75) is 6.54 Å². The highest BCUT2D eigenvalue weighted by atomic mass is 79.9. The van der Waals surface area contributed by atoms with E-state index in [1.165, 1.54) is 18.2 Å². The molecule has 2 nitrogen and oxygen atoms in total. The Kier molecular flexibility index (Phi) is 4.44. The topological polar surface area (TPSA) is 29.1 Å². The van der Waals surface area contributed by atoms with E-state index in [1.807, 2.05) is 0 Å². The Hall–Kier alpha value is -1.82. The average Bonchev–Trinajstić information content (AvgIpc) is 2.37. The van der Waals surface area contributed by atoms with Crippen molar-refractivity contribution in [1.29, 1.82) is 0 Å². The molecule has 0 aliphatic rings. The lowest BCUT2D eigenvalue weighted by Gasteiger charge is -2.08. The molecule has 2 aromatic carbocycles. The Morgan fingerprint density at radius 2 is 1.85 bits per heavy atom. The van der Waals surface area contributed by atoms with Gasteiger partial charge in [-0.15, -0.1) is 0 Å². The first-order valence-corrected chi connectivity index (χ1v) is 6.44. The first kappa shape index (κ1) is 14.6. The molecule has 20 heavy (non-hydrogen) atoms. The lowest BCUT2D eigenvalue weighted by atomic mass is 10.1. The molecule has 0 heterocycles. The highest BCUT2D eigenvalue weighted by Crippen LogP contribution is 2.19. The molecule has 0 aliphatic heterocycles. The highest BCUT2D eigenvalue weighted by molar-refractivity contribution is 9.10. The summed E-state index contributed by atoms with van der Waals surface area (Å²) in [6.45, 7) is -0.161. The van der Waals surface area contributed by atoms with E-state index >= 15 is 0 Å². The van der Waals surface area contributed by atoms with Crippen molar-refractivity contribution in [2.24, 2.45) is 0 Å². The fraction of sp³-hybridized carbons (Fsp3) is 0.0714. The summed E-state index contributed by atoms with van der Waals surface area (Å²) in [5, 5.41) is 2.39. The van der Waals surface area contributed by atoms with E-state index in [4.69, 9.17) is 0 Å². The minimum Gasteiger partial charge on any atom is -0.348 e. The molecule has 0 unspecified atom stereocenters. The number of carbonyl (C=O) groups excluding carboxylic acids is 1. The number of rotatable bonds is 3. The molecule has 0 aromatic heterocycles. The molecule has 0 radical (unpaired) electrons. The first-order valence-electron chi connectivity index (χ1n) is 5.65. The summed E-state index contributed by atoms with van der Waals surface area (Å²) >= 11 is 3.07. The summed E-state index contributed by atoms with van der Waals surface area (Å²) in [5.74, 6) is -2.83. The van der Waals surface area contributed by atoms with Gasteiger partial charge in [0.25, 0.3) is 5.91 Å². The first-order chi connectivity index (χ1) is 9.49. The maximum absolute atomic E-state index is 13.5. The molecule has 2 aromatic rings. The summed E-state index contributed by atoms with van der Waals surface area (Å²) in [4.78, 5) is 11.9. The predicted octanol–water partition coefficient (Wildman–Crippen LogP) is 3.80. The van der Waals surface area contributed by atoms with E-state index in [-0.39, 0.29) is 17.7 Å². The number of benzene rings is 2. The van der Waals surface area contributed by atoms with Gasteiger partial charge in [-0.1, -0.05) is 12.1 Å². The third-order valence-corrected chi connectivity index (χ3v) is 3.31. The largest absolute Gasteiger partial charge is 0.348 e. The van der Waals surface area contributed by atoms with Crippen LogP contribution in [0.5, 0.6) is 0 Å². The second-order valence-corrected chi connectivity index (χ2v) is 4.87. The van der Waals surface area contributed by atoms with Crippen LogP contribution in [-0.2, 0) is 6.54 Å². The molecule has 0 bridgehead atoms. The molecule has 6 heteroatoms. The van der Waals surface area contributed by atoms with Crippen LogP contribution in [0.25, 0.3) is 0 Å². The van der Waals surface area contributed by atoms with Crippen molar-refractivity contribution in [2.75, 3.05) is 0 Å². The number of amides is 1. The van der Waals surface area contributed by atoms with Gasteiger partial charge in [0.15, 0.2) is 0 Å². The van der Waals surface area contributed by atoms with Crippen LogP contribution in [0.2, 0.25) is 0 Å². The fourth-order valence-electron chi connectivity index (χ4n) is 1.64. The molecule has 1 N–H and O–H groups in total. The molecule has 0 saturated heterocycles. The van der Waals surface area contributed by atoms with Crippen LogP contribution in [-0.4, -0.2) is 5.91 Å². The minimum atomic E-state index is -0.766. The lowest BCUT2D eigenvalue weighted by Crippen LogP contribution is -2.24. The Labute approximate surface area is 121 Å². The Morgan fingerprint density at radius 3 is 2.50 bits per heavy atom. The quantitative estimate of drug-likeness (QED) is 0.902. The second kappa shape index (κ2) is 6.09. The molecular formula is C14H9BrF3NO. The van der Waals surface area contributed by atoms with Gasteiger partial charge in [0, 0.05) is 22.6 Å². The fourth-order valence-corrected chi connectivity index (χ4v) is 2.17. The van der Waals surface area contributed by atoms with Crippen LogP contribution < -0.4 is 5.32 Å². The highest BCUT2D eigenvalue weighted by Gasteiger charge is 2.15. The third-order valence-electron chi connectivity index (χ3n) is 2.64. The number of nitrogens with one attached hydrogen (secondary N) is 1. The van der Waals surface area contributed by atoms with Gasteiger partial charge < -0.3 is 5.32 Å². The van der Waals surface area contributed by atoms with Crippen molar-refractivity contribution in [1.82, 2.24) is 5.32 Å². The van der Waals surface area contributed by atoms with Gasteiger partial charge in [-0.25, -0.2) is 13.2 Å². The lowest BCUT2D eigenvalue weighted by molar-refractivity contribution is 0.0945. The molecule has 104 valence electrons. The van der Waals surface area contributed by atoms with Crippen molar-refractivity contribution in [3.63, 3.8) is 0 Å². The number of carbonyl (C=O) groups is 1. The Balaban J connectivity index is 2.13. The van der Waals surface area contributed by atoms with E-state index in [2.05, 4.69) is 21.2 Å². The van der Waals surface area contributed by atoms with Crippen LogP contribution >= 0.6 is 15.9 Å².